The van der Waals surface area contributed by atoms with Gasteiger partial charge in [0.2, 0.25) is 0 Å². The van der Waals surface area contributed by atoms with Crippen LogP contribution in [0.2, 0.25) is 0 Å². The number of hydrazone groups is 1. The molecule has 0 unspecified atom stereocenters. The Balaban J connectivity index is 1.50. The van der Waals surface area contributed by atoms with Gasteiger partial charge >= 0.3 is 0 Å². The van der Waals surface area contributed by atoms with Crippen LogP contribution in [-0.2, 0) is 0 Å². The molecule has 0 aliphatic carbocycles. The third-order valence-corrected chi connectivity index (χ3v) is 5.55. The molecule has 0 bridgehead atoms. The Morgan fingerprint density at radius 1 is 0.848 bits per heavy atom. The lowest BCUT2D eigenvalue weighted by atomic mass is 10.0. The van der Waals surface area contributed by atoms with Gasteiger partial charge in [0.25, 0.3) is 5.91 Å². The number of carbonyl (C=O) groups is 1. The lowest BCUT2D eigenvalue weighted by molar-refractivity contribution is 0.0949. The van der Waals surface area contributed by atoms with E-state index in [2.05, 4.69) is 46.0 Å². The van der Waals surface area contributed by atoms with E-state index in [1.165, 1.54) is 0 Å². The summed E-state index contributed by atoms with van der Waals surface area (Å²) in [5.74, 6) is -0.364. The van der Waals surface area contributed by atoms with E-state index in [1.54, 1.807) is 17.0 Å². The fourth-order valence-electron chi connectivity index (χ4n) is 3.76. The number of carbonyl (C=O) groups excluding carboxylic acids is 1. The van der Waals surface area contributed by atoms with Crippen LogP contribution in [0.1, 0.15) is 21.6 Å². The second kappa shape index (κ2) is 8.93. The minimum Gasteiger partial charge on any atom is -0.265 e. The predicted molar refractivity (Wildman–Crippen MR) is 133 cm³/mol. The molecule has 0 fully saturated rings. The van der Waals surface area contributed by atoms with E-state index in [-0.39, 0.29) is 5.91 Å². The number of aryl methyl sites for hydroxylation is 1. The number of benzene rings is 4. The molecule has 0 saturated heterocycles. The molecule has 1 N–H and O–H groups in total. The Labute approximate surface area is 192 Å². The van der Waals surface area contributed by atoms with Crippen molar-refractivity contribution in [1.29, 1.82) is 0 Å². The molecule has 4 aromatic carbocycles. The smallest absolute Gasteiger partial charge is 0.265 e. The summed E-state index contributed by atoms with van der Waals surface area (Å²) in [6.07, 6.45) is 1.64. The van der Waals surface area contributed by atoms with Crippen LogP contribution in [0.15, 0.2) is 108 Å². The second-order valence-corrected chi connectivity index (χ2v) is 7.78. The number of hydrogen-bond donors (Lipinski definition) is 1. The zero-order chi connectivity index (χ0) is 22.6. The number of fused-ring (bicyclic) bond motifs is 1. The monoisotopic (exact) mass is 430 g/mol. The minimum atomic E-state index is -0.364. The maximum Gasteiger partial charge on any atom is 0.291 e. The molecule has 160 valence electrons. The summed E-state index contributed by atoms with van der Waals surface area (Å²) < 4.78 is 1.80. The van der Waals surface area contributed by atoms with Crippen LogP contribution in [0.3, 0.4) is 0 Å². The Hall–Kier alpha value is -4.51. The molecular weight excluding hydrogens is 408 g/mol. The first-order chi connectivity index (χ1) is 16.2. The molecule has 0 atom stereocenters. The Morgan fingerprint density at radius 3 is 2.39 bits per heavy atom. The van der Waals surface area contributed by atoms with Crippen molar-refractivity contribution in [2.24, 2.45) is 5.10 Å². The van der Waals surface area contributed by atoms with Gasteiger partial charge in [0.1, 0.15) is 0 Å². The van der Waals surface area contributed by atoms with Gasteiger partial charge in [0.05, 0.1) is 17.6 Å². The van der Waals surface area contributed by atoms with E-state index in [0.29, 0.717) is 5.69 Å². The molecule has 0 radical (unpaired) electrons. The SMILES string of the molecule is Cc1ccccc1/C=N\NC(=O)c1cc(-c2ccc3ccccc3c2)n(-c2ccccc2)n1. The largest absolute Gasteiger partial charge is 0.291 e. The first kappa shape index (κ1) is 20.4. The van der Waals surface area contributed by atoms with Crippen LogP contribution in [0.25, 0.3) is 27.7 Å². The molecule has 5 heteroatoms. The molecule has 0 spiro atoms. The molecule has 0 aliphatic heterocycles. The number of nitrogens with one attached hydrogen (secondary N) is 1. The van der Waals surface area contributed by atoms with Crippen molar-refractivity contribution >= 4 is 22.9 Å². The number of para-hydroxylation sites is 1. The Kier molecular flexibility index (Phi) is 5.52. The number of nitrogens with zero attached hydrogens (tertiary/aromatic N) is 3. The van der Waals surface area contributed by atoms with Crippen molar-refractivity contribution in [2.45, 2.75) is 6.92 Å². The van der Waals surface area contributed by atoms with Crippen molar-refractivity contribution in [2.75, 3.05) is 0 Å². The van der Waals surface area contributed by atoms with Gasteiger partial charge in [-0.1, -0.05) is 78.9 Å². The van der Waals surface area contributed by atoms with Crippen LogP contribution in [0.4, 0.5) is 0 Å². The van der Waals surface area contributed by atoms with E-state index in [9.17, 15) is 4.79 Å². The number of rotatable bonds is 5. The maximum absolute atomic E-state index is 12.9. The summed E-state index contributed by atoms with van der Waals surface area (Å²) in [7, 11) is 0. The molecule has 1 amide bonds. The normalized spacial score (nSPS) is 11.2. The molecular formula is C28H22N4O. The van der Waals surface area contributed by atoms with Gasteiger partial charge in [-0.25, -0.2) is 10.1 Å². The van der Waals surface area contributed by atoms with Gasteiger partial charge in [-0.15, -0.1) is 0 Å². The van der Waals surface area contributed by atoms with Gasteiger partial charge in [-0.05, 0) is 53.1 Å². The number of hydrogen-bond acceptors (Lipinski definition) is 3. The zero-order valence-corrected chi connectivity index (χ0v) is 18.1. The molecule has 1 heterocycles. The van der Waals surface area contributed by atoms with Crippen molar-refractivity contribution in [3.63, 3.8) is 0 Å². The summed E-state index contributed by atoms with van der Waals surface area (Å²) in [5, 5.41) is 11.0. The van der Waals surface area contributed by atoms with E-state index >= 15 is 0 Å². The first-order valence-electron chi connectivity index (χ1n) is 10.7. The third kappa shape index (κ3) is 4.29. The van der Waals surface area contributed by atoms with E-state index < -0.39 is 0 Å². The molecule has 0 saturated carbocycles. The lowest BCUT2D eigenvalue weighted by Gasteiger charge is -2.08. The predicted octanol–water partition coefficient (Wildman–Crippen LogP) is 5.76. The fourth-order valence-corrected chi connectivity index (χ4v) is 3.76. The van der Waals surface area contributed by atoms with Gasteiger partial charge in [0.15, 0.2) is 5.69 Å². The summed E-state index contributed by atoms with van der Waals surface area (Å²) in [6, 6.07) is 33.9. The molecule has 0 aliphatic rings. The van der Waals surface area contributed by atoms with Gasteiger partial charge in [-0.3, -0.25) is 4.79 Å². The number of amides is 1. The van der Waals surface area contributed by atoms with Crippen LogP contribution < -0.4 is 5.43 Å². The van der Waals surface area contributed by atoms with Crippen LogP contribution in [0.5, 0.6) is 0 Å². The van der Waals surface area contributed by atoms with Crippen molar-refractivity contribution in [3.05, 3.63) is 120 Å². The maximum atomic E-state index is 12.9. The fraction of sp³-hybridized carbons (Fsp3) is 0.0357. The Morgan fingerprint density at radius 2 is 1.58 bits per heavy atom. The Bertz CT molecular complexity index is 1470. The quantitative estimate of drug-likeness (QED) is 0.284. The number of aromatic nitrogens is 2. The van der Waals surface area contributed by atoms with Gasteiger partial charge in [0, 0.05) is 5.56 Å². The third-order valence-electron chi connectivity index (χ3n) is 5.55. The van der Waals surface area contributed by atoms with Crippen molar-refractivity contribution < 1.29 is 4.79 Å². The molecule has 5 rings (SSSR count). The minimum absolute atomic E-state index is 0.295. The second-order valence-electron chi connectivity index (χ2n) is 7.78. The molecule has 5 aromatic rings. The van der Waals surface area contributed by atoms with Crippen LogP contribution in [0, 0.1) is 6.92 Å². The highest BCUT2D eigenvalue weighted by molar-refractivity contribution is 5.95. The molecule has 1 aromatic heterocycles. The van der Waals surface area contributed by atoms with Gasteiger partial charge < -0.3 is 0 Å². The highest BCUT2D eigenvalue weighted by Crippen LogP contribution is 2.27. The highest BCUT2D eigenvalue weighted by Gasteiger charge is 2.17. The average molecular weight is 431 g/mol. The highest BCUT2D eigenvalue weighted by atomic mass is 16.2. The van der Waals surface area contributed by atoms with E-state index in [4.69, 9.17) is 0 Å². The van der Waals surface area contributed by atoms with Gasteiger partial charge in [-0.2, -0.15) is 10.2 Å². The van der Waals surface area contributed by atoms with E-state index in [1.807, 2.05) is 73.7 Å². The standard InChI is InChI=1S/C28H22N4O/c1-20-9-5-6-12-24(20)19-29-30-28(33)26-18-27(32(31-26)25-13-3-2-4-14-25)23-16-15-21-10-7-8-11-22(21)17-23/h2-19H,1H3,(H,30,33)/b29-19-. The van der Waals surface area contributed by atoms with Crippen molar-refractivity contribution in [1.82, 2.24) is 15.2 Å². The average Bonchev–Trinajstić information content (AvgIpc) is 3.31. The summed E-state index contributed by atoms with van der Waals surface area (Å²) in [4.78, 5) is 12.9. The molecule has 5 nitrogen and oxygen atoms in total. The van der Waals surface area contributed by atoms with Crippen LogP contribution in [-0.4, -0.2) is 21.9 Å². The van der Waals surface area contributed by atoms with Crippen LogP contribution >= 0.6 is 0 Å². The topological polar surface area (TPSA) is 59.3 Å². The van der Waals surface area contributed by atoms with E-state index in [0.717, 1.165) is 38.8 Å². The summed E-state index contributed by atoms with van der Waals surface area (Å²) >= 11 is 0. The summed E-state index contributed by atoms with van der Waals surface area (Å²) in [6.45, 7) is 2.00. The first-order valence-corrected chi connectivity index (χ1v) is 10.7. The lowest BCUT2D eigenvalue weighted by Crippen LogP contribution is -2.18. The molecule has 33 heavy (non-hydrogen) atoms. The summed E-state index contributed by atoms with van der Waals surface area (Å²) in [5.41, 5.74) is 7.62. The van der Waals surface area contributed by atoms with Crippen molar-refractivity contribution in [3.8, 4) is 16.9 Å². The zero-order valence-electron chi connectivity index (χ0n) is 18.1.